The first kappa shape index (κ1) is 17.4. The van der Waals surface area contributed by atoms with Gasteiger partial charge in [0, 0.05) is 24.2 Å². The number of nitrogens with zero attached hydrogens (tertiary/aromatic N) is 4. The van der Waals surface area contributed by atoms with Crippen molar-refractivity contribution >= 4 is 10.9 Å². The highest BCUT2D eigenvalue weighted by Gasteiger charge is 2.30. The van der Waals surface area contributed by atoms with E-state index in [0.717, 1.165) is 11.1 Å². The first-order chi connectivity index (χ1) is 13.1. The average molecular weight is 368 g/mol. The Labute approximate surface area is 155 Å². The van der Waals surface area contributed by atoms with Crippen LogP contribution in [-0.2, 0) is 13.2 Å². The molecule has 1 aliphatic rings. The van der Waals surface area contributed by atoms with Crippen molar-refractivity contribution in [3.05, 3.63) is 57.9 Å². The average Bonchev–Trinajstić information content (AvgIpc) is 2.69. The predicted octanol–water partition coefficient (Wildman–Crippen LogP) is 1.32. The van der Waals surface area contributed by atoms with E-state index in [0.29, 0.717) is 35.5 Å². The molecule has 0 spiro atoms. The molecule has 27 heavy (non-hydrogen) atoms. The third kappa shape index (κ3) is 3.02. The third-order valence-corrected chi connectivity index (χ3v) is 4.82. The molecule has 0 unspecified atom stereocenters. The maximum Gasteiger partial charge on any atom is 0.278 e. The molecule has 8 nitrogen and oxygen atoms in total. The summed E-state index contributed by atoms with van der Waals surface area (Å²) in [4.78, 5) is 14.6. The van der Waals surface area contributed by atoms with Gasteiger partial charge in [-0.05, 0) is 24.3 Å². The van der Waals surface area contributed by atoms with Crippen molar-refractivity contribution in [2.45, 2.75) is 19.3 Å². The van der Waals surface area contributed by atoms with Gasteiger partial charge >= 0.3 is 0 Å². The fourth-order valence-corrected chi connectivity index (χ4v) is 3.56. The fraction of sp³-hybridized carbons (Fsp3) is 0.316. The molecule has 8 heteroatoms. The summed E-state index contributed by atoms with van der Waals surface area (Å²) >= 11 is 0. The molecule has 0 saturated heterocycles. The molecule has 1 N–H and O–H groups in total. The van der Waals surface area contributed by atoms with E-state index in [1.54, 1.807) is 38.5 Å². The summed E-state index contributed by atoms with van der Waals surface area (Å²) in [5, 5.41) is 19.3. The second-order valence-electron chi connectivity index (χ2n) is 6.44. The van der Waals surface area contributed by atoms with Crippen molar-refractivity contribution < 1.29 is 14.6 Å². The number of fused-ring (bicyclic) bond motifs is 2. The normalized spacial score (nSPS) is 16.9. The molecular weight excluding hydrogens is 348 g/mol. The van der Waals surface area contributed by atoms with Crippen LogP contribution in [0.1, 0.15) is 17.2 Å². The van der Waals surface area contributed by atoms with Gasteiger partial charge in [-0.3, -0.25) is 9.69 Å². The quantitative estimate of drug-likeness (QED) is 0.743. The molecule has 0 radical (unpaired) electrons. The van der Waals surface area contributed by atoms with E-state index in [1.165, 1.54) is 4.68 Å². The third-order valence-electron chi connectivity index (χ3n) is 4.82. The molecule has 1 atom stereocenters. The Kier molecular flexibility index (Phi) is 4.51. The van der Waals surface area contributed by atoms with Crippen LogP contribution in [0.25, 0.3) is 10.9 Å². The summed E-state index contributed by atoms with van der Waals surface area (Å²) < 4.78 is 12.2. The summed E-state index contributed by atoms with van der Waals surface area (Å²) in [6.45, 7) is 1.05. The Hall–Kier alpha value is -2.97. The SMILES string of the molecule is COc1ccc(OC)c2c1CN(Cn1nnc3ccccc3c1=O)C[C@H]2O. The standard InChI is InChI=1S/C19H20N4O4/c1-26-16-7-8-17(27-2)18-13(16)9-22(10-15(18)24)11-23-19(25)12-5-3-4-6-14(12)20-21-23/h3-8,15,24H,9-11H2,1-2H3/t15-/m1/s1. The summed E-state index contributed by atoms with van der Waals surface area (Å²) in [6, 6.07) is 10.7. The lowest BCUT2D eigenvalue weighted by molar-refractivity contribution is 0.0655. The number of aromatic nitrogens is 3. The smallest absolute Gasteiger partial charge is 0.278 e. The zero-order valence-corrected chi connectivity index (χ0v) is 15.1. The highest BCUT2D eigenvalue weighted by molar-refractivity contribution is 5.76. The van der Waals surface area contributed by atoms with Crippen molar-refractivity contribution in [1.29, 1.82) is 0 Å². The molecule has 3 aromatic rings. The van der Waals surface area contributed by atoms with E-state index in [4.69, 9.17) is 9.47 Å². The summed E-state index contributed by atoms with van der Waals surface area (Å²) in [5.74, 6) is 1.30. The maximum absolute atomic E-state index is 12.7. The Morgan fingerprint density at radius 2 is 1.89 bits per heavy atom. The number of methoxy groups -OCH3 is 2. The van der Waals surface area contributed by atoms with Crippen LogP contribution >= 0.6 is 0 Å². The molecule has 0 bridgehead atoms. The van der Waals surface area contributed by atoms with Crippen LogP contribution in [-0.4, -0.2) is 45.8 Å². The van der Waals surface area contributed by atoms with Crippen LogP contribution < -0.4 is 15.0 Å². The Morgan fingerprint density at radius 3 is 2.67 bits per heavy atom. The minimum Gasteiger partial charge on any atom is -0.496 e. The minimum atomic E-state index is -0.761. The summed E-state index contributed by atoms with van der Waals surface area (Å²) in [5.41, 5.74) is 1.93. The Bertz CT molecular complexity index is 1050. The summed E-state index contributed by atoms with van der Waals surface area (Å²) in [7, 11) is 3.16. The first-order valence-electron chi connectivity index (χ1n) is 8.59. The number of aliphatic hydroxyl groups is 1. The number of ether oxygens (including phenoxy) is 2. The molecule has 4 rings (SSSR count). The largest absolute Gasteiger partial charge is 0.496 e. The highest BCUT2D eigenvalue weighted by Crippen LogP contribution is 2.39. The van der Waals surface area contributed by atoms with Crippen molar-refractivity contribution in [2.24, 2.45) is 0 Å². The van der Waals surface area contributed by atoms with Crippen molar-refractivity contribution in [2.75, 3.05) is 20.8 Å². The van der Waals surface area contributed by atoms with Crippen LogP contribution in [0.3, 0.4) is 0 Å². The van der Waals surface area contributed by atoms with Crippen LogP contribution in [0.2, 0.25) is 0 Å². The van der Waals surface area contributed by atoms with E-state index in [2.05, 4.69) is 10.3 Å². The molecule has 0 fully saturated rings. The Balaban J connectivity index is 1.68. The number of hydrogen-bond donors (Lipinski definition) is 1. The number of rotatable bonds is 4. The van der Waals surface area contributed by atoms with E-state index < -0.39 is 6.10 Å². The lowest BCUT2D eigenvalue weighted by atomic mass is 9.95. The molecule has 2 heterocycles. The number of aliphatic hydroxyl groups excluding tert-OH is 1. The minimum absolute atomic E-state index is 0.210. The highest BCUT2D eigenvalue weighted by atomic mass is 16.5. The van der Waals surface area contributed by atoms with Gasteiger partial charge in [-0.1, -0.05) is 17.3 Å². The number of benzene rings is 2. The molecule has 140 valence electrons. The van der Waals surface area contributed by atoms with Crippen LogP contribution in [0.15, 0.2) is 41.2 Å². The van der Waals surface area contributed by atoms with Gasteiger partial charge in [-0.15, -0.1) is 5.10 Å². The van der Waals surface area contributed by atoms with E-state index >= 15 is 0 Å². The number of β-amino-alcohol motifs (C(OH)–C–C–N with tert-alkyl or cyclic N) is 1. The zero-order valence-electron chi connectivity index (χ0n) is 15.1. The summed E-state index contributed by atoms with van der Waals surface area (Å²) in [6.07, 6.45) is -0.761. The monoisotopic (exact) mass is 368 g/mol. The van der Waals surface area contributed by atoms with E-state index in [9.17, 15) is 9.90 Å². The van der Waals surface area contributed by atoms with Gasteiger partial charge in [0.15, 0.2) is 0 Å². The van der Waals surface area contributed by atoms with Gasteiger partial charge in [0.1, 0.15) is 17.0 Å². The van der Waals surface area contributed by atoms with E-state index in [1.807, 2.05) is 17.0 Å². The zero-order chi connectivity index (χ0) is 19.0. The molecule has 1 aliphatic heterocycles. The van der Waals surface area contributed by atoms with Gasteiger partial charge in [-0.2, -0.15) is 4.68 Å². The van der Waals surface area contributed by atoms with Crippen molar-refractivity contribution in [3.63, 3.8) is 0 Å². The number of hydrogen-bond acceptors (Lipinski definition) is 7. The molecule has 2 aromatic carbocycles. The molecule has 1 aromatic heterocycles. The molecular formula is C19H20N4O4. The van der Waals surface area contributed by atoms with Crippen LogP contribution in [0.5, 0.6) is 11.5 Å². The Morgan fingerprint density at radius 1 is 1.15 bits per heavy atom. The van der Waals surface area contributed by atoms with Gasteiger partial charge in [0.2, 0.25) is 0 Å². The first-order valence-corrected chi connectivity index (χ1v) is 8.59. The van der Waals surface area contributed by atoms with E-state index in [-0.39, 0.29) is 12.2 Å². The molecule has 0 amide bonds. The van der Waals surface area contributed by atoms with Gasteiger partial charge in [-0.25, -0.2) is 0 Å². The maximum atomic E-state index is 12.7. The topological polar surface area (TPSA) is 89.7 Å². The molecule has 0 aliphatic carbocycles. The van der Waals surface area contributed by atoms with Crippen LogP contribution in [0, 0.1) is 0 Å². The lowest BCUT2D eigenvalue weighted by Crippen LogP contribution is -2.39. The second kappa shape index (κ2) is 6.98. The van der Waals surface area contributed by atoms with Crippen LogP contribution in [0.4, 0.5) is 0 Å². The second-order valence-corrected chi connectivity index (χ2v) is 6.44. The van der Waals surface area contributed by atoms with Gasteiger partial charge in [0.25, 0.3) is 5.56 Å². The molecule has 0 saturated carbocycles. The predicted molar refractivity (Wildman–Crippen MR) is 98.7 cm³/mol. The lowest BCUT2D eigenvalue weighted by Gasteiger charge is -2.33. The van der Waals surface area contributed by atoms with Gasteiger partial charge in [0.05, 0.1) is 32.4 Å². The van der Waals surface area contributed by atoms with Crippen molar-refractivity contribution in [1.82, 2.24) is 19.9 Å². The fourth-order valence-electron chi connectivity index (χ4n) is 3.56. The van der Waals surface area contributed by atoms with Crippen molar-refractivity contribution in [3.8, 4) is 11.5 Å². The van der Waals surface area contributed by atoms with Gasteiger partial charge < -0.3 is 14.6 Å².